The van der Waals surface area contributed by atoms with Crippen molar-refractivity contribution in [2.24, 2.45) is 0 Å². The van der Waals surface area contributed by atoms with Gasteiger partial charge in [-0.05, 0) is 43.7 Å². The second-order valence-corrected chi connectivity index (χ2v) is 7.93. The normalized spacial score (nSPS) is 11.1. The summed E-state index contributed by atoms with van der Waals surface area (Å²) in [5, 5.41) is 5.77. The molecule has 0 bridgehead atoms. The van der Waals surface area contributed by atoms with Crippen LogP contribution in [0.25, 0.3) is 22.5 Å². The summed E-state index contributed by atoms with van der Waals surface area (Å²) in [4.78, 5) is 0. The Hall–Kier alpha value is -2.62. The van der Waals surface area contributed by atoms with Gasteiger partial charge in [0, 0.05) is 16.1 Å². The fourth-order valence-corrected chi connectivity index (χ4v) is 3.99. The molecular formula is C24H19Cl2FN2. The van der Waals surface area contributed by atoms with Crippen LogP contribution in [-0.4, -0.2) is 9.78 Å². The molecule has 0 unspecified atom stereocenters. The van der Waals surface area contributed by atoms with E-state index in [1.807, 2.05) is 54.9 Å². The number of nitrogens with zero attached hydrogens (tertiary/aromatic N) is 2. The standard InChI is InChI=1S/C24H19Cl2FN2/c1-15-5-3-7-17(11-15)23-22(26)24(18-8-4-6-16(2)12-18)29(28-23)14-19-9-10-20(27)13-21(19)25/h3-13H,14H2,1-2H3. The summed E-state index contributed by atoms with van der Waals surface area (Å²) in [5.74, 6) is -0.364. The molecule has 0 aliphatic heterocycles. The van der Waals surface area contributed by atoms with Gasteiger partial charge in [0.2, 0.25) is 0 Å². The quantitative estimate of drug-likeness (QED) is 0.335. The smallest absolute Gasteiger partial charge is 0.124 e. The minimum atomic E-state index is -0.364. The van der Waals surface area contributed by atoms with Gasteiger partial charge in [0.1, 0.15) is 11.5 Å². The molecule has 0 fully saturated rings. The molecule has 0 N–H and O–H groups in total. The number of halogens is 3. The molecular weight excluding hydrogens is 406 g/mol. The first-order valence-electron chi connectivity index (χ1n) is 9.26. The fourth-order valence-electron chi connectivity index (χ4n) is 3.41. The van der Waals surface area contributed by atoms with Crippen molar-refractivity contribution in [1.82, 2.24) is 9.78 Å². The van der Waals surface area contributed by atoms with Gasteiger partial charge in [-0.2, -0.15) is 5.10 Å². The van der Waals surface area contributed by atoms with Crippen molar-refractivity contribution in [2.45, 2.75) is 20.4 Å². The Bertz CT molecular complexity index is 1200. The summed E-state index contributed by atoms with van der Waals surface area (Å²) in [6, 6.07) is 20.6. The third-order valence-electron chi connectivity index (χ3n) is 4.81. The topological polar surface area (TPSA) is 17.8 Å². The van der Waals surface area contributed by atoms with Crippen molar-refractivity contribution < 1.29 is 4.39 Å². The highest BCUT2D eigenvalue weighted by molar-refractivity contribution is 6.35. The minimum absolute atomic E-state index is 0.364. The molecule has 0 aliphatic carbocycles. The zero-order valence-corrected chi connectivity index (χ0v) is 17.6. The lowest BCUT2D eigenvalue weighted by atomic mass is 10.1. The maximum absolute atomic E-state index is 13.5. The van der Waals surface area contributed by atoms with E-state index in [0.717, 1.165) is 33.5 Å². The Morgan fingerprint density at radius 1 is 0.862 bits per heavy atom. The highest BCUT2D eigenvalue weighted by atomic mass is 35.5. The van der Waals surface area contributed by atoms with Crippen LogP contribution in [0.2, 0.25) is 10.0 Å². The van der Waals surface area contributed by atoms with Crippen LogP contribution in [0.15, 0.2) is 66.7 Å². The number of aryl methyl sites for hydroxylation is 2. The minimum Gasteiger partial charge on any atom is -0.258 e. The van der Waals surface area contributed by atoms with Gasteiger partial charge in [-0.3, -0.25) is 4.68 Å². The molecule has 0 saturated carbocycles. The van der Waals surface area contributed by atoms with Crippen molar-refractivity contribution in [2.75, 3.05) is 0 Å². The van der Waals surface area contributed by atoms with E-state index in [9.17, 15) is 4.39 Å². The van der Waals surface area contributed by atoms with Crippen molar-refractivity contribution in [1.29, 1.82) is 0 Å². The Kier molecular flexibility index (Phi) is 5.44. The Balaban J connectivity index is 1.89. The molecule has 0 aliphatic rings. The summed E-state index contributed by atoms with van der Waals surface area (Å²) in [7, 11) is 0. The van der Waals surface area contributed by atoms with Gasteiger partial charge in [0.25, 0.3) is 0 Å². The van der Waals surface area contributed by atoms with E-state index < -0.39 is 0 Å². The van der Waals surface area contributed by atoms with Gasteiger partial charge in [-0.1, -0.05) is 76.8 Å². The lowest BCUT2D eigenvalue weighted by Crippen LogP contribution is -2.05. The van der Waals surface area contributed by atoms with Crippen LogP contribution >= 0.6 is 23.2 Å². The molecule has 0 atom stereocenters. The lowest BCUT2D eigenvalue weighted by molar-refractivity contribution is 0.625. The Morgan fingerprint density at radius 3 is 2.17 bits per heavy atom. The lowest BCUT2D eigenvalue weighted by Gasteiger charge is -2.10. The molecule has 3 aromatic carbocycles. The molecule has 1 heterocycles. The molecule has 5 heteroatoms. The van der Waals surface area contributed by atoms with E-state index in [0.29, 0.717) is 22.3 Å². The summed E-state index contributed by atoms with van der Waals surface area (Å²) >= 11 is 13.1. The summed E-state index contributed by atoms with van der Waals surface area (Å²) < 4.78 is 15.3. The van der Waals surface area contributed by atoms with Gasteiger partial charge in [0.15, 0.2) is 0 Å². The van der Waals surface area contributed by atoms with Crippen molar-refractivity contribution in [3.05, 3.63) is 99.3 Å². The predicted molar refractivity (Wildman–Crippen MR) is 118 cm³/mol. The van der Waals surface area contributed by atoms with Crippen LogP contribution < -0.4 is 0 Å². The summed E-state index contributed by atoms with van der Waals surface area (Å²) in [6.07, 6.45) is 0. The van der Waals surface area contributed by atoms with E-state index in [4.69, 9.17) is 28.3 Å². The molecule has 4 rings (SSSR count). The molecule has 2 nitrogen and oxygen atoms in total. The third-order valence-corrected chi connectivity index (χ3v) is 5.52. The highest BCUT2D eigenvalue weighted by Crippen LogP contribution is 2.37. The van der Waals surface area contributed by atoms with E-state index in [1.54, 1.807) is 6.07 Å². The molecule has 0 radical (unpaired) electrons. The van der Waals surface area contributed by atoms with Crippen LogP contribution in [0, 0.1) is 19.7 Å². The van der Waals surface area contributed by atoms with Crippen molar-refractivity contribution >= 4 is 23.2 Å². The predicted octanol–water partition coefficient (Wildman–Crippen LogP) is 7.33. The van der Waals surface area contributed by atoms with Gasteiger partial charge in [0.05, 0.1) is 17.3 Å². The molecule has 0 amide bonds. The maximum Gasteiger partial charge on any atom is 0.124 e. The molecule has 0 spiro atoms. The first kappa shape index (κ1) is 19.7. The van der Waals surface area contributed by atoms with Crippen LogP contribution in [0.1, 0.15) is 16.7 Å². The first-order chi connectivity index (χ1) is 13.9. The second-order valence-electron chi connectivity index (χ2n) is 7.14. The average molecular weight is 425 g/mol. The number of rotatable bonds is 4. The summed E-state index contributed by atoms with van der Waals surface area (Å²) in [6.45, 7) is 4.46. The molecule has 0 saturated heterocycles. The SMILES string of the molecule is Cc1cccc(-c2nn(Cc3ccc(F)cc3Cl)c(-c3cccc(C)c3)c2Cl)c1. The zero-order valence-electron chi connectivity index (χ0n) is 16.1. The van der Waals surface area contributed by atoms with Gasteiger partial charge in [-0.25, -0.2) is 4.39 Å². The molecule has 4 aromatic rings. The van der Waals surface area contributed by atoms with E-state index in [-0.39, 0.29) is 5.82 Å². The number of benzene rings is 3. The molecule has 1 aromatic heterocycles. The zero-order chi connectivity index (χ0) is 20.5. The summed E-state index contributed by atoms with van der Waals surface area (Å²) in [5.41, 5.74) is 6.48. The van der Waals surface area contributed by atoms with Crippen molar-refractivity contribution in [3.8, 4) is 22.5 Å². The third kappa shape index (κ3) is 4.07. The first-order valence-corrected chi connectivity index (χ1v) is 10.0. The van der Waals surface area contributed by atoms with Crippen LogP contribution in [0.4, 0.5) is 4.39 Å². The number of aromatic nitrogens is 2. The van der Waals surface area contributed by atoms with Crippen LogP contribution in [-0.2, 0) is 6.54 Å². The molecule has 146 valence electrons. The Morgan fingerprint density at radius 2 is 1.52 bits per heavy atom. The second kappa shape index (κ2) is 8.02. The molecule has 29 heavy (non-hydrogen) atoms. The van der Waals surface area contributed by atoms with Crippen LogP contribution in [0.3, 0.4) is 0 Å². The number of hydrogen-bond acceptors (Lipinski definition) is 1. The van der Waals surface area contributed by atoms with E-state index in [1.165, 1.54) is 12.1 Å². The fraction of sp³-hybridized carbons (Fsp3) is 0.125. The maximum atomic E-state index is 13.5. The van der Waals surface area contributed by atoms with Gasteiger partial charge >= 0.3 is 0 Å². The van der Waals surface area contributed by atoms with Crippen molar-refractivity contribution in [3.63, 3.8) is 0 Å². The average Bonchev–Trinajstić information content (AvgIpc) is 3.00. The number of hydrogen-bond donors (Lipinski definition) is 0. The largest absolute Gasteiger partial charge is 0.258 e. The monoisotopic (exact) mass is 424 g/mol. The van der Waals surface area contributed by atoms with Gasteiger partial charge in [-0.15, -0.1) is 0 Å². The Labute approximate surface area is 179 Å². The van der Waals surface area contributed by atoms with E-state index >= 15 is 0 Å². The van der Waals surface area contributed by atoms with E-state index in [2.05, 4.69) is 12.1 Å². The highest BCUT2D eigenvalue weighted by Gasteiger charge is 2.20. The van der Waals surface area contributed by atoms with Gasteiger partial charge < -0.3 is 0 Å². The van der Waals surface area contributed by atoms with Crippen LogP contribution in [0.5, 0.6) is 0 Å².